The van der Waals surface area contributed by atoms with Gasteiger partial charge in [-0.3, -0.25) is 4.79 Å². The number of amides is 1. The molecule has 3 rings (SSSR count). The lowest BCUT2D eigenvalue weighted by Gasteiger charge is -2.19. The van der Waals surface area contributed by atoms with Crippen molar-refractivity contribution >= 4 is 5.91 Å². The lowest BCUT2D eigenvalue weighted by Crippen LogP contribution is -2.32. The smallest absolute Gasteiger partial charge is 0.274 e. The number of aromatic nitrogens is 5. The molecule has 0 unspecified atom stereocenters. The van der Waals surface area contributed by atoms with E-state index in [0.29, 0.717) is 11.5 Å². The molecule has 7 nitrogen and oxygen atoms in total. The summed E-state index contributed by atoms with van der Waals surface area (Å²) in [5.41, 5.74) is 0.385. The van der Waals surface area contributed by atoms with Crippen LogP contribution < -0.4 is 0 Å². The van der Waals surface area contributed by atoms with Crippen molar-refractivity contribution in [3.05, 3.63) is 30.5 Å². The lowest BCUT2D eigenvalue weighted by molar-refractivity contribution is 0.0754. The fraction of sp³-hybridized carbons (Fsp3) is 0.462. The molecule has 0 saturated carbocycles. The second-order valence-corrected chi connectivity index (χ2v) is 4.82. The highest BCUT2D eigenvalue weighted by Crippen LogP contribution is 2.12. The minimum Gasteiger partial charge on any atom is -0.337 e. The number of likely N-dealkylation sites (tertiary alicyclic amines) is 1. The van der Waals surface area contributed by atoms with Crippen LogP contribution in [0.25, 0.3) is 5.82 Å². The van der Waals surface area contributed by atoms with Crippen molar-refractivity contribution in [2.45, 2.75) is 25.7 Å². The van der Waals surface area contributed by atoms with Crippen molar-refractivity contribution in [2.75, 3.05) is 13.1 Å². The fourth-order valence-electron chi connectivity index (χ4n) is 2.32. The highest BCUT2D eigenvalue weighted by molar-refractivity contribution is 5.92. The number of rotatable bonds is 2. The van der Waals surface area contributed by atoms with E-state index in [1.165, 1.54) is 23.9 Å². The van der Waals surface area contributed by atoms with Crippen LogP contribution in [-0.4, -0.2) is 48.9 Å². The van der Waals surface area contributed by atoms with E-state index in [2.05, 4.69) is 20.3 Å². The summed E-state index contributed by atoms with van der Waals surface area (Å²) >= 11 is 0. The maximum atomic E-state index is 12.3. The third kappa shape index (κ3) is 2.66. The van der Waals surface area contributed by atoms with Gasteiger partial charge in [0.15, 0.2) is 11.5 Å². The molecule has 104 valence electrons. The highest BCUT2D eigenvalue weighted by Gasteiger charge is 2.18. The van der Waals surface area contributed by atoms with Crippen LogP contribution in [0.1, 0.15) is 36.2 Å². The summed E-state index contributed by atoms with van der Waals surface area (Å²) in [6.45, 7) is 1.62. The first kappa shape index (κ1) is 12.7. The number of hydrogen-bond donors (Lipinski definition) is 0. The Hall–Kier alpha value is -2.31. The van der Waals surface area contributed by atoms with E-state index in [4.69, 9.17) is 0 Å². The molecular weight excluding hydrogens is 256 g/mol. The van der Waals surface area contributed by atoms with E-state index in [1.54, 1.807) is 18.5 Å². The molecule has 0 N–H and O–H groups in total. The van der Waals surface area contributed by atoms with E-state index in [0.717, 1.165) is 25.9 Å². The zero-order valence-corrected chi connectivity index (χ0v) is 11.1. The number of nitrogens with zero attached hydrogens (tertiary/aromatic N) is 6. The van der Waals surface area contributed by atoms with Gasteiger partial charge in [0.25, 0.3) is 5.91 Å². The van der Waals surface area contributed by atoms with Gasteiger partial charge in [-0.15, -0.1) is 10.2 Å². The molecule has 2 aromatic heterocycles. The van der Waals surface area contributed by atoms with Crippen molar-refractivity contribution in [3.63, 3.8) is 0 Å². The number of hydrogen-bond acceptors (Lipinski definition) is 5. The van der Waals surface area contributed by atoms with Gasteiger partial charge in [-0.25, -0.2) is 9.67 Å². The molecular formula is C13H16N6O. The molecule has 3 heterocycles. The molecule has 2 aromatic rings. The van der Waals surface area contributed by atoms with Crippen LogP contribution in [0.3, 0.4) is 0 Å². The Labute approximate surface area is 116 Å². The molecule has 1 fully saturated rings. The Morgan fingerprint density at radius 1 is 1.05 bits per heavy atom. The molecule has 1 aliphatic heterocycles. The van der Waals surface area contributed by atoms with Gasteiger partial charge in [-0.05, 0) is 25.0 Å². The average molecular weight is 272 g/mol. The van der Waals surface area contributed by atoms with Crippen LogP contribution in [0.15, 0.2) is 24.8 Å². The zero-order chi connectivity index (χ0) is 13.8. The van der Waals surface area contributed by atoms with Crippen molar-refractivity contribution in [1.29, 1.82) is 0 Å². The van der Waals surface area contributed by atoms with E-state index in [9.17, 15) is 4.79 Å². The quantitative estimate of drug-likeness (QED) is 0.817. The topological polar surface area (TPSA) is 76.8 Å². The Balaban J connectivity index is 1.75. The van der Waals surface area contributed by atoms with Crippen molar-refractivity contribution in [3.8, 4) is 5.82 Å². The molecule has 20 heavy (non-hydrogen) atoms. The van der Waals surface area contributed by atoms with E-state index >= 15 is 0 Å². The Morgan fingerprint density at radius 2 is 1.85 bits per heavy atom. The molecule has 1 saturated heterocycles. The van der Waals surface area contributed by atoms with Crippen LogP contribution in [-0.2, 0) is 0 Å². The normalized spacial score (nSPS) is 15.9. The number of carbonyl (C=O) groups excluding carboxylic acids is 1. The Morgan fingerprint density at radius 3 is 2.45 bits per heavy atom. The Kier molecular flexibility index (Phi) is 3.67. The van der Waals surface area contributed by atoms with Gasteiger partial charge in [0, 0.05) is 13.1 Å². The van der Waals surface area contributed by atoms with E-state index in [1.807, 2.05) is 4.90 Å². The third-order valence-corrected chi connectivity index (χ3v) is 3.42. The van der Waals surface area contributed by atoms with Crippen LogP contribution in [0.2, 0.25) is 0 Å². The van der Waals surface area contributed by atoms with E-state index in [-0.39, 0.29) is 5.91 Å². The van der Waals surface area contributed by atoms with Crippen LogP contribution >= 0.6 is 0 Å². The summed E-state index contributed by atoms with van der Waals surface area (Å²) in [7, 11) is 0. The molecule has 0 radical (unpaired) electrons. The summed E-state index contributed by atoms with van der Waals surface area (Å²) in [4.78, 5) is 18.1. The average Bonchev–Trinajstić information content (AvgIpc) is 2.89. The molecule has 0 aliphatic carbocycles. The van der Waals surface area contributed by atoms with Gasteiger partial charge in [0.05, 0.1) is 0 Å². The van der Waals surface area contributed by atoms with Gasteiger partial charge in [-0.2, -0.15) is 5.10 Å². The van der Waals surface area contributed by atoms with Gasteiger partial charge in [0.2, 0.25) is 0 Å². The lowest BCUT2D eigenvalue weighted by atomic mass is 10.2. The predicted molar refractivity (Wildman–Crippen MR) is 71.3 cm³/mol. The van der Waals surface area contributed by atoms with Crippen molar-refractivity contribution < 1.29 is 4.79 Å². The first-order valence-electron chi connectivity index (χ1n) is 6.82. The maximum Gasteiger partial charge on any atom is 0.274 e. The van der Waals surface area contributed by atoms with Gasteiger partial charge < -0.3 is 4.90 Å². The molecule has 1 aliphatic rings. The molecule has 1 amide bonds. The first-order chi connectivity index (χ1) is 9.84. The van der Waals surface area contributed by atoms with Gasteiger partial charge in [0.1, 0.15) is 12.7 Å². The van der Waals surface area contributed by atoms with Crippen molar-refractivity contribution in [1.82, 2.24) is 29.9 Å². The van der Waals surface area contributed by atoms with E-state index < -0.39 is 0 Å². The molecule has 0 atom stereocenters. The number of carbonyl (C=O) groups is 1. The maximum absolute atomic E-state index is 12.3. The molecule has 0 spiro atoms. The SMILES string of the molecule is O=C(c1ccc(-n2cncn2)nn1)N1CCCCCC1. The largest absolute Gasteiger partial charge is 0.337 e. The minimum absolute atomic E-state index is 0.0375. The van der Waals surface area contributed by atoms with Crippen LogP contribution in [0.5, 0.6) is 0 Å². The first-order valence-corrected chi connectivity index (χ1v) is 6.82. The molecule has 7 heteroatoms. The predicted octanol–water partition coefficient (Wildman–Crippen LogP) is 1.07. The van der Waals surface area contributed by atoms with Crippen molar-refractivity contribution in [2.24, 2.45) is 0 Å². The summed E-state index contributed by atoms with van der Waals surface area (Å²) in [6.07, 6.45) is 7.49. The Bertz CT molecular complexity index is 557. The fourth-order valence-corrected chi connectivity index (χ4v) is 2.32. The third-order valence-electron chi connectivity index (χ3n) is 3.42. The summed E-state index contributed by atoms with van der Waals surface area (Å²) in [6, 6.07) is 3.42. The summed E-state index contributed by atoms with van der Waals surface area (Å²) < 4.78 is 1.51. The second kappa shape index (κ2) is 5.77. The van der Waals surface area contributed by atoms with Gasteiger partial charge in [-0.1, -0.05) is 12.8 Å². The summed E-state index contributed by atoms with van der Waals surface area (Å²) in [5, 5.41) is 12.0. The monoisotopic (exact) mass is 272 g/mol. The second-order valence-electron chi connectivity index (χ2n) is 4.82. The molecule has 0 bridgehead atoms. The van der Waals surface area contributed by atoms with Crippen LogP contribution in [0.4, 0.5) is 0 Å². The summed E-state index contributed by atoms with van der Waals surface area (Å²) in [5.74, 6) is 0.513. The van der Waals surface area contributed by atoms with Crippen LogP contribution in [0, 0.1) is 0 Å². The zero-order valence-electron chi connectivity index (χ0n) is 11.1. The highest BCUT2D eigenvalue weighted by atomic mass is 16.2. The van der Waals surface area contributed by atoms with Gasteiger partial charge >= 0.3 is 0 Å². The standard InChI is InChI=1S/C13H16N6O/c20-13(18-7-3-1-2-4-8-18)11-5-6-12(17-16-11)19-10-14-9-15-19/h5-6,9-10H,1-4,7-8H2. The minimum atomic E-state index is -0.0375. The molecule has 0 aromatic carbocycles.